The van der Waals surface area contributed by atoms with Crippen LogP contribution < -0.4 is 11.1 Å². The summed E-state index contributed by atoms with van der Waals surface area (Å²) >= 11 is 7.08. The van der Waals surface area contributed by atoms with Crippen molar-refractivity contribution in [3.05, 3.63) is 98.6 Å². The lowest BCUT2D eigenvalue weighted by molar-refractivity contribution is 0.0952. The van der Waals surface area contributed by atoms with Crippen LogP contribution in [0.5, 0.6) is 0 Å². The minimum Gasteiger partial charge on any atom is -0.360 e. The highest BCUT2D eigenvalue weighted by atomic mass is 79.9. The summed E-state index contributed by atoms with van der Waals surface area (Å²) in [6.07, 6.45) is 1.93. The number of hydrogen-bond acceptors (Lipinski definition) is 3. The molecule has 0 fully saturated rings. The molecule has 2 heterocycles. The molecule has 0 aliphatic heterocycles. The second-order valence-electron chi connectivity index (χ2n) is 7.81. The predicted molar refractivity (Wildman–Crippen MR) is 140 cm³/mol. The topological polar surface area (TPSA) is 83.8 Å². The van der Waals surface area contributed by atoms with Crippen molar-refractivity contribution in [2.24, 2.45) is 5.73 Å². The van der Waals surface area contributed by atoms with Crippen molar-refractivity contribution in [3.63, 3.8) is 0 Å². The molecular weight excluding hydrogens is 544 g/mol. The zero-order chi connectivity index (χ0) is 22.9. The number of nitrogens with zero attached hydrogens (tertiary/aromatic N) is 1. The third kappa shape index (κ3) is 4.44. The van der Waals surface area contributed by atoms with Gasteiger partial charge in [0.15, 0.2) is 0 Å². The van der Waals surface area contributed by atoms with Crippen LogP contribution in [0.1, 0.15) is 21.5 Å². The molecule has 0 atom stereocenters. The average Bonchev–Trinajstić information content (AvgIpc) is 3.25. The Balaban J connectivity index is 1.55. The van der Waals surface area contributed by atoms with Gasteiger partial charge in [-0.3, -0.25) is 4.79 Å². The number of nitrogens with one attached hydrogen (secondary N) is 2. The monoisotopic (exact) mass is 562 g/mol. The number of benzene rings is 3. The Kier molecular flexibility index (Phi) is 6.01. The van der Waals surface area contributed by atoms with Gasteiger partial charge in [0.2, 0.25) is 0 Å². The van der Waals surface area contributed by atoms with Crippen LogP contribution in [0, 0.1) is 0 Å². The molecule has 0 unspecified atom stereocenters. The maximum absolute atomic E-state index is 13.3. The van der Waals surface area contributed by atoms with Gasteiger partial charge in [0, 0.05) is 50.1 Å². The first-order chi connectivity index (χ1) is 16.0. The van der Waals surface area contributed by atoms with Gasteiger partial charge in [-0.2, -0.15) is 0 Å². The van der Waals surface area contributed by atoms with E-state index in [1.54, 1.807) is 0 Å². The van der Waals surface area contributed by atoms with Crippen molar-refractivity contribution in [2.45, 2.75) is 13.1 Å². The van der Waals surface area contributed by atoms with Gasteiger partial charge < -0.3 is 16.0 Å². The van der Waals surface area contributed by atoms with E-state index in [4.69, 9.17) is 10.7 Å². The lowest BCUT2D eigenvalue weighted by atomic mass is 10.0. The molecule has 0 bridgehead atoms. The summed E-state index contributed by atoms with van der Waals surface area (Å²) in [6, 6.07) is 21.6. The number of fused-ring (bicyclic) bond motifs is 2. The first-order valence-electron chi connectivity index (χ1n) is 10.5. The Morgan fingerprint density at radius 1 is 0.909 bits per heavy atom. The zero-order valence-corrected chi connectivity index (χ0v) is 20.7. The molecule has 0 saturated heterocycles. The zero-order valence-electron chi connectivity index (χ0n) is 17.5. The summed E-state index contributed by atoms with van der Waals surface area (Å²) in [4.78, 5) is 21.5. The SMILES string of the molecule is NCc1ccc(CNC(=O)c2cc(-c3c[nH]c4ccc(Br)cc34)nc3cc(Br)ccc23)cc1. The number of aromatic nitrogens is 2. The van der Waals surface area contributed by atoms with E-state index in [0.29, 0.717) is 18.7 Å². The van der Waals surface area contributed by atoms with Crippen LogP contribution in [0.4, 0.5) is 0 Å². The average molecular weight is 564 g/mol. The summed E-state index contributed by atoms with van der Waals surface area (Å²) in [7, 11) is 0. The van der Waals surface area contributed by atoms with Crippen molar-refractivity contribution in [1.82, 2.24) is 15.3 Å². The van der Waals surface area contributed by atoms with Crippen LogP contribution in [-0.4, -0.2) is 15.9 Å². The van der Waals surface area contributed by atoms with Crippen molar-refractivity contribution >= 4 is 59.6 Å². The minimum atomic E-state index is -0.144. The summed E-state index contributed by atoms with van der Waals surface area (Å²) in [5, 5.41) is 4.90. The van der Waals surface area contributed by atoms with E-state index in [9.17, 15) is 4.79 Å². The van der Waals surface area contributed by atoms with Crippen LogP contribution in [0.25, 0.3) is 33.1 Å². The molecule has 3 aromatic carbocycles. The van der Waals surface area contributed by atoms with Crippen molar-refractivity contribution in [3.8, 4) is 11.3 Å². The van der Waals surface area contributed by atoms with Crippen LogP contribution >= 0.6 is 31.9 Å². The van der Waals surface area contributed by atoms with E-state index in [2.05, 4.69) is 48.2 Å². The second kappa shape index (κ2) is 9.09. The first-order valence-corrected chi connectivity index (χ1v) is 12.0. The van der Waals surface area contributed by atoms with Crippen molar-refractivity contribution in [1.29, 1.82) is 0 Å². The first kappa shape index (κ1) is 21.8. The lowest BCUT2D eigenvalue weighted by Gasteiger charge is -2.11. The van der Waals surface area contributed by atoms with Crippen LogP contribution in [0.3, 0.4) is 0 Å². The van der Waals surface area contributed by atoms with Gasteiger partial charge in [-0.05, 0) is 47.5 Å². The van der Waals surface area contributed by atoms with Gasteiger partial charge in [-0.15, -0.1) is 0 Å². The molecule has 0 spiro atoms. The highest BCUT2D eigenvalue weighted by molar-refractivity contribution is 9.10. The van der Waals surface area contributed by atoms with Crippen LogP contribution in [0.2, 0.25) is 0 Å². The number of rotatable bonds is 5. The third-order valence-corrected chi connectivity index (χ3v) is 6.63. The summed E-state index contributed by atoms with van der Waals surface area (Å²) in [6.45, 7) is 0.928. The summed E-state index contributed by atoms with van der Waals surface area (Å²) < 4.78 is 1.89. The van der Waals surface area contributed by atoms with Crippen LogP contribution in [-0.2, 0) is 13.1 Å². The number of aromatic amines is 1. The number of amides is 1. The molecule has 33 heavy (non-hydrogen) atoms. The molecule has 5 nitrogen and oxygen atoms in total. The van der Waals surface area contributed by atoms with Gasteiger partial charge in [0.05, 0.1) is 16.8 Å². The van der Waals surface area contributed by atoms with E-state index >= 15 is 0 Å². The molecule has 7 heteroatoms. The lowest BCUT2D eigenvalue weighted by Crippen LogP contribution is -2.23. The largest absolute Gasteiger partial charge is 0.360 e. The molecule has 1 amide bonds. The molecule has 0 radical (unpaired) electrons. The standard InChI is InChI=1S/C26H20Br2N4O/c27-17-6-8-23-20(9-17)22(14-30-23)25-11-21(19-7-5-18(28)10-24(19)32-25)26(33)31-13-16-3-1-15(12-29)2-4-16/h1-11,14,30H,12-13,29H2,(H,31,33). The van der Waals surface area contributed by atoms with Crippen molar-refractivity contribution in [2.75, 3.05) is 0 Å². The van der Waals surface area contributed by atoms with E-state index < -0.39 is 0 Å². The fourth-order valence-electron chi connectivity index (χ4n) is 3.90. The highest BCUT2D eigenvalue weighted by Crippen LogP contribution is 2.32. The molecular formula is C26H20Br2N4O. The molecule has 5 rings (SSSR count). The number of halogens is 2. The molecule has 0 aliphatic rings. The Labute approximate surface area is 207 Å². The van der Waals surface area contributed by atoms with Crippen molar-refractivity contribution < 1.29 is 4.79 Å². The van der Waals surface area contributed by atoms with Crippen LogP contribution in [0.15, 0.2) is 81.9 Å². The van der Waals surface area contributed by atoms with Gasteiger partial charge in [-0.25, -0.2) is 4.98 Å². The maximum atomic E-state index is 13.3. The number of carbonyl (C=O) groups is 1. The van der Waals surface area contributed by atoms with E-state index in [-0.39, 0.29) is 5.91 Å². The summed E-state index contributed by atoms with van der Waals surface area (Å²) in [5.74, 6) is -0.144. The second-order valence-corrected chi connectivity index (χ2v) is 9.64. The molecule has 4 N–H and O–H groups in total. The third-order valence-electron chi connectivity index (χ3n) is 5.65. The fraction of sp³-hybridized carbons (Fsp3) is 0.0769. The Morgan fingerprint density at radius 3 is 2.42 bits per heavy atom. The highest BCUT2D eigenvalue weighted by Gasteiger charge is 2.16. The molecule has 0 saturated carbocycles. The molecule has 164 valence electrons. The normalized spacial score (nSPS) is 11.2. The number of hydrogen-bond donors (Lipinski definition) is 3. The van der Waals surface area contributed by atoms with Gasteiger partial charge in [-0.1, -0.05) is 62.2 Å². The number of nitrogens with two attached hydrogens (primary N) is 1. The van der Waals surface area contributed by atoms with E-state index in [0.717, 1.165) is 53.1 Å². The van der Waals surface area contributed by atoms with E-state index in [1.165, 1.54) is 0 Å². The van der Waals surface area contributed by atoms with E-state index in [1.807, 2.05) is 66.9 Å². The predicted octanol–water partition coefficient (Wildman–Crippen LogP) is 6.30. The number of carbonyl (C=O) groups excluding carboxylic acids is 1. The molecule has 2 aromatic heterocycles. The molecule has 5 aromatic rings. The Bertz CT molecular complexity index is 1490. The smallest absolute Gasteiger partial charge is 0.252 e. The maximum Gasteiger partial charge on any atom is 0.252 e. The molecule has 0 aliphatic carbocycles. The van der Waals surface area contributed by atoms with Gasteiger partial charge >= 0.3 is 0 Å². The Morgan fingerprint density at radius 2 is 1.64 bits per heavy atom. The fourth-order valence-corrected chi connectivity index (χ4v) is 4.61. The van der Waals surface area contributed by atoms with Gasteiger partial charge in [0.1, 0.15) is 0 Å². The number of H-pyrrole nitrogens is 1. The number of pyridine rings is 1. The Hall–Kier alpha value is -3.00. The van der Waals surface area contributed by atoms with Gasteiger partial charge in [0.25, 0.3) is 5.91 Å². The quantitative estimate of drug-likeness (QED) is 0.235. The minimum absolute atomic E-state index is 0.144. The summed E-state index contributed by atoms with van der Waals surface area (Å²) in [5.41, 5.74) is 11.8.